The minimum Gasteiger partial charge on any atom is -0.379 e. The Bertz CT molecular complexity index is 1760. The molecular formula is C53H84N4O7. The third kappa shape index (κ3) is 15.1. The fourth-order valence-corrected chi connectivity index (χ4v) is 10.0. The second-order valence-electron chi connectivity index (χ2n) is 19.7. The summed E-state index contributed by atoms with van der Waals surface area (Å²) >= 11 is 0. The van der Waals surface area contributed by atoms with Crippen LogP contribution in [-0.2, 0) is 46.3 Å². The van der Waals surface area contributed by atoms with Gasteiger partial charge in [0.15, 0.2) is 5.78 Å². The van der Waals surface area contributed by atoms with Crippen molar-refractivity contribution in [2.45, 2.75) is 150 Å². The number of nitrogens with one attached hydrogen (secondary N) is 1. The van der Waals surface area contributed by atoms with Gasteiger partial charge in [-0.3, -0.25) is 28.9 Å². The molecule has 0 bridgehead atoms. The number of hydrogen-bond donors (Lipinski definition) is 1. The van der Waals surface area contributed by atoms with Gasteiger partial charge in [-0.25, -0.2) is 0 Å². The molecule has 10 atom stereocenters. The van der Waals surface area contributed by atoms with Gasteiger partial charge in [0.05, 0.1) is 36.8 Å². The average Bonchev–Trinajstić information content (AvgIpc) is 3.74. The Labute approximate surface area is 386 Å². The first kappa shape index (κ1) is 54.4. The zero-order valence-electron chi connectivity index (χ0n) is 41.9. The van der Waals surface area contributed by atoms with Gasteiger partial charge in [0.2, 0.25) is 17.7 Å². The lowest BCUT2D eigenvalue weighted by molar-refractivity contribution is -0.149. The fourth-order valence-electron chi connectivity index (χ4n) is 10.0. The van der Waals surface area contributed by atoms with E-state index < -0.39 is 36.0 Å². The van der Waals surface area contributed by atoms with Crippen LogP contribution in [0.2, 0.25) is 0 Å². The zero-order chi connectivity index (χ0) is 47.8. The molecular weight excluding hydrogens is 805 g/mol. The second-order valence-corrected chi connectivity index (χ2v) is 19.7. The first-order valence-electron chi connectivity index (χ1n) is 24.1. The van der Waals surface area contributed by atoms with Crippen molar-refractivity contribution in [1.82, 2.24) is 14.7 Å². The molecule has 3 rings (SSSR count). The molecule has 2 aromatic rings. The quantitative estimate of drug-likeness (QED) is 0.0945. The number of ether oxygens (including phenoxy) is 2. The first-order valence-corrected chi connectivity index (χ1v) is 24.1. The molecule has 2 aromatic carbocycles. The highest BCUT2D eigenvalue weighted by molar-refractivity contribution is 5.96. The number of likely N-dealkylation sites (N-methyl/N-ethyl adjacent to an activating group) is 2. The Morgan fingerprint density at radius 3 is 1.89 bits per heavy atom. The van der Waals surface area contributed by atoms with Gasteiger partial charge in [0, 0.05) is 64.1 Å². The predicted octanol–water partition coefficient (Wildman–Crippen LogP) is 8.77. The highest BCUT2D eigenvalue weighted by atomic mass is 16.5. The molecule has 0 radical (unpaired) electrons. The number of nitrogens with zero attached hydrogens (tertiary/aromatic N) is 3. The number of likely N-dealkylation sites (tertiary alicyclic amines) is 1. The Kier molecular flexibility index (Phi) is 22.3. The molecule has 1 saturated heterocycles. The Morgan fingerprint density at radius 2 is 1.36 bits per heavy atom. The van der Waals surface area contributed by atoms with Gasteiger partial charge in [-0.15, -0.1) is 0 Å². The molecule has 0 spiro atoms. The molecule has 1 aliphatic heterocycles. The highest BCUT2D eigenvalue weighted by Gasteiger charge is 2.43. The third-order valence-electron chi connectivity index (χ3n) is 13.9. The van der Waals surface area contributed by atoms with Gasteiger partial charge in [0.1, 0.15) is 5.78 Å². The first-order chi connectivity index (χ1) is 30.3. The van der Waals surface area contributed by atoms with Gasteiger partial charge in [-0.1, -0.05) is 118 Å². The summed E-state index contributed by atoms with van der Waals surface area (Å²) in [6.07, 6.45) is 3.29. The Morgan fingerprint density at radius 1 is 0.750 bits per heavy atom. The normalized spacial score (nSPS) is 18.5. The summed E-state index contributed by atoms with van der Waals surface area (Å²) in [5.41, 5.74) is 2.86. The molecule has 3 amide bonds. The van der Waals surface area contributed by atoms with Crippen molar-refractivity contribution < 1.29 is 33.4 Å². The Balaban J connectivity index is 1.82. The van der Waals surface area contributed by atoms with Crippen LogP contribution in [0.3, 0.4) is 0 Å². The molecule has 11 nitrogen and oxygen atoms in total. The molecule has 1 aliphatic rings. The number of rotatable bonds is 27. The molecule has 11 heteroatoms. The minimum atomic E-state index is -0.617. The molecule has 0 saturated carbocycles. The minimum absolute atomic E-state index is 0.00538. The average molecular weight is 889 g/mol. The lowest BCUT2D eigenvalue weighted by Crippen LogP contribution is -2.54. The van der Waals surface area contributed by atoms with E-state index in [1.165, 1.54) is 5.56 Å². The van der Waals surface area contributed by atoms with Crippen LogP contribution in [0.5, 0.6) is 0 Å². The van der Waals surface area contributed by atoms with Crippen molar-refractivity contribution >= 4 is 35.0 Å². The number of benzene rings is 2. The van der Waals surface area contributed by atoms with Crippen LogP contribution in [0.25, 0.3) is 0 Å². The van der Waals surface area contributed by atoms with Crippen molar-refractivity contribution in [3.63, 3.8) is 0 Å². The number of methoxy groups -OCH3 is 2. The monoisotopic (exact) mass is 889 g/mol. The standard InChI is InChI=1S/C53H84N4O7/c1-15-36(7)43(32-46(59)49(35(5)6)55(10)11)53(62)56(12)50(37(8)16-2)47(63-13)33-48(60)57-28-20-23-44(57)51(64-14)38(9)45(58)31-41(30-39-21-18-17-19-22-39)52(61)54-42-26-24-40(25-27-42)29-34(3)4/h17-19,21-22,24-27,34-38,41,43-44,47,49-51H,15-16,20,23,28-33H2,1-14H3,(H,54,61)/t36-,37-,38-,41+,43-,44-,47+,49-,50-,51+/m0/s1. The van der Waals surface area contributed by atoms with Crippen molar-refractivity contribution in [3.05, 3.63) is 65.7 Å². The van der Waals surface area contributed by atoms with E-state index in [9.17, 15) is 24.0 Å². The smallest absolute Gasteiger partial charge is 0.228 e. The van der Waals surface area contributed by atoms with Crippen LogP contribution in [-0.4, -0.2) is 116 Å². The number of carbonyl (C=O) groups is 5. The SMILES string of the molecule is CC[C@H](C)[C@@H]([C@@H](CC(=O)N1CCC[C@H]1[C@H](OC)[C@@H](C)C(=O)C[C@@H](Cc1ccccc1)C(=O)Nc1ccc(CC(C)C)cc1)OC)N(C)C(=O)[C@@H](CC(=O)[C@H](C(C)C)N(C)C)[C@@H](C)CC. The molecule has 0 aromatic heterocycles. The van der Waals surface area contributed by atoms with Crippen LogP contribution < -0.4 is 5.32 Å². The summed E-state index contributed by atoms with van der Waals surface area (Å²) in [4.78, 5) is 76.6. The lowest BCUT2D eigenvalue weighted by Gasteiger charge is -2.41. The number of ketones is 2. The summed E-state index contributed by atoms with van der Waals surface area (Å²) < 4.78 is 12.2. The number of carbonyl (C=O) groups excluding carboxylic acids is 5. The Hall–Kier alpha value is -3.93. The van der Waals surface area contributed by atoms with E-state index in [1.54, 1.807) is 26.2 Å². The molecule has 1 fully saturated rings. The molecule has 0 aliphatic carbocycles. The predicted molar refractivity (Wildman–Crippen MR) is 258 cm³/mol. The molecule has 1 heterocycles. The third-order valence-corrected chi connectivity index (χ3v) is 13.9. The highest BCUT2D eigenvalue weighted by Crippen LogP contribution is 2.32. The summed E-state index contributed by atoms with van der Waals surface area (Å²) in [6, 6.07) is 16.6. The maximum atomic E-state index is 14.6. The van der Waals surface area contributed by atoms with Crippen molar-refractivity contribution in [1.29, 1.82) is 0 Å². The zero-order valence-corrected chi connectivity index (χ0v) is 41.9. The van der Waals surface area contributed by atoms with Crippen LogP contribution in [0, 0.1) is 41.4 Å². The van der Waals surface area contributed by atoms with E-state index in [0.717, 1.165) is 31.2 Å². The second kappa shape index (κ2) is 26.3. The number of anilines is 1. The molecule has 64 heavy (non-hydrogen) atoms. The lowest BCUT2D eigenvalue weighted by atomic mass is 9.82. The van der Waals surface area contributed by atoms with E-state index in [-0.39, 0.29) is 78.4 Å². The topological polar surface area (TPSA) is 126 Å². The van der Waals surface area contributed by atoms with E-state index >= 15 is 0 Å². The summed E-state index contributed by atoms with van der Waals surface area (Å²) in [7, 11) is 8.79. The van der Waals surface area contributed by atoms with Crippen LogP contribution in [0.15, 0.2) is 54.6 Å². The molecule has 0 unspecified atom stereocenters. The summed E-state index contributed by atoms with van der Waals surface area (Å²) in [5.74, 6) is -1.60. The fraction of sp³-hybridized carbons (Fsp3) is 0.679. The van der Waals surface area contributed by atoms with Gasteiger partial charge in [0.25, 0.3) is 0 Å². The van der Waals surface area contributed by atoms with Crippen molar-refractivity contribution in [3.8, 4) is 0 Å². The van der Waals surface area contributed by atoms with E-state index in [4.69, 9.17) is 9.47 Å². The molecule has 358 valence electrons. The van der Waals surface area contributed by atoms with Crippen LogP contribution in [0.1, 0.15) is 118 Å². The van der Waals surface area contributed by atoms with Crippen LogP contribution in [0.4, 0.5) is 5.69 Å². The summed E-state index contributed by atoms with van der Waals surface area (Å²) in [6.45, 7) is 19.0. The number of Topliss-reactive ketones (excluding diaryl/α,β-unsaturated/α-hetero) is 2. The van der Waals surface area contributed by atoms with E-state index in [1.807, 2.05) is 113 Å². The largest absolute Gasteiger partial charge is 0.379 e. The van der Waals surface area contributed by atoms with Crippen molar-refractivity contribution in [2.24, 2.45) is 41.4 Å². The van der Waals surface area contributed by atoms with Crippen LogP contribution >= 0.6 is 0 Å². The van der Waals surface area contributed by atoms with E-state index in [2.05, 4.69) is 33.0 Å². The maximum Gasteiger partial charge on any atom is 0.228 e. The number of hydrogen-bond acceptors (Lipinski definition) is 8. The van der Waals surface area contributed by atoms with Gasteiger partial charge in [-0.2, -0.15) is 0 Å². The summed E-state index contributed by atoms with van der Waals surface area (Å²) in [5, 5.41) is 3.07. The van der Waals surface area contributed by atoms with Gasteiger partial charge < -0.3 is 24.6 Å². The molecule has 1 N–H and O–H groups in total. The van der Waals surface area contributed by atoms with Gasteiger partial charge in [-0.05, 0) is 86.7 Å². The van der Waals surface area contributed by atoms with E-state index in [0.29, 0.717) is 31.0 Å². The maximum absolute atomic E-state index is 14.6. The van der Waals surface area contributed by atoms with Gasteiger partial charge >= 0.3 is 0 Å². The number of amides is 3. The van der Waals surface area contributed by atoms with Crippen molar-refractivity contribution in [2.75, 3.05) is 47.2 Å².